The van der Waals surface area contributed by atoms with E-state index in [1.807, 2.05) is 14.1 Å². The van der Waals surface area contributed by atoms with Gasteiger partial charge in [-0.1, -0.05) is 24.0 Å². The molecule has 1 fully saturated rings. The summed E-state index contributed by atoms with van der Waals surface area (Å²) in [5.74, 6) is -2.36. The van der Waals surface area contributed by atoms with Crippen molar-refractivity contribution in [3.8, 4) is 11.5 Å². The number of ketones is 1. The molecule has 1 atom stereocenters. The second kappa shape index (κ2) is 10.0. The van der Waals surface area contributed by atoms with Gasteiger partial charge in [-0.25, -0.2) is 4.39 Å². The van der Waals surface area contributed by atoms with Crippen LogP contribution in [-0.4, -0.2) is 57.0 Å². The quantitative estimate of drug-likeness (QED) is 0.364. The minimum absolute atomic E-state index is 0.0154. The van der Waals surface area contributed by atoms with Crippen LogP contribution in [-0.2, 0) is 9.59 Å². The molecule has 176 valence electrons. The Labute approximate surface area is 193 Å². The number of hydrogen-bond acceptors (Lipinski definition) is 5. The van der Waals surface area contributed by atoms with Gasteiger partial charge in [0.2, 0.25) is 5.78 Å². The smallest absolute Gasteiger partial charge is 0.295 e. The third kappa shape index (κ3) is 5.17. The highest BCUT2D eigenvalue weighted by atomic mass is 19.1. The van der Waals surface area contributed by atoms with E-state index in [-0.39, 0.29) is 29.5 Å². The highest BCUT2D eigenvalue weighted by Gasteiger charge is 2.44. The Morgan fingerprint density at radius 1 is 1.15 bits per heavy atom. The van der Waals surface area contributed by atoms with Crippen LogP contribution >= 0.6 is 0 Å². The molecule has 0 radical (unpaired) electrons. The molecule has 0 spiro atoms. The first-order valence-corrected chi connectivity index (χ1v) is 10.8. The van der Waals surface area contributed by atoms with Crippen LogP contribution in [0.3, 0.4) is 0 Å². The Hall–Kier alpha value is -3.39. The molecule has 0 aromatic heterocycles. The SMILES string of the molecule is COc1ccc(C2C(=C([O-])c3ccc(OC(C)C)c(F)c3)C(=O)C(=O)N2CC[NH+](C)C)cc1. The van der Waals surface area contributed by atoms with E-state index in [0.717, 1.165) is 11.0 Å². The lowest BCUT2D eigenvalue weighted by Crippen LogP contribution is -3.06. The fourth-order valence-electron chi connectivity index (χ4n) is 3.72. The third-order valence-corrected chi connectivity index (χ3v) is 5.37. The summed E-state index contributed by atoms with van der Waals surface area (Å²) in [4.78, 5) is 28.4. The zero-order valence-corrected chi connectivity index (χ0v) is 19.5. The van der Waals surface area contributed by atoms with Gasteiger partial charge in [0.15, 0.2) is 11.6 Å². The van der Waals surface area contributed by atoms with Gasteiger partial charge < -0.3 is 24.4 Å². The molecule has 1 N–H and O–H groups in total. The predicted octanol–water partition coefficient (Wildman–Crippen LogP) is 0.990. The molecule has 0 saturated carbocycles. The van der Waals surface area contributed by atoms with Gasteiger partial charge in [0.05, 0.1) is 46.4 Å². The average Bonchev–Trinajstić information content (AvgIpc) is 3.03. The van der Waals surface area contributed by atoms with E-state index in [4.69, 9.17) is 9.47 Å². The van der Waals surface area contributed by atoms with Crippen molar-refractivity contribution >= 4 is 17.4 Å². The number of likely N-dealkylation sites (N-methyl/N-ethyl adjacent to an activating group) is 1. The first-order chi connectivity index (χ1) is 15.6. The molecular formula is C25H29FN2O5. The minimum atomic E-state index is -0.864. The van der Waals surface area contributed by atoms with Crippen molar-refractivity contribution in [1.29, 1.82) is 0 Å². The Kier molecular flexibility index (Phi) is 7.38. The van der Waals surface area contributed by atoms with Gasteiger partial charge in [0.25, 0.3) is 5.91 Å². The number of amides is 1. The number of likely N-dealkylation sites (tertiary alicyclic amines) is 1. The summed E-state index contributed by atoms with van der Waals surface area (Å²) < 4.78 is 25.1. The predicted molar refractivity (Wildman–Crippen MR) is 119 cm³/mol. The van der Waals surface area contributed by atoms with Gasteiger partial charge in [0, 0.05) is 5.57 Å². The van der Waals surface area contributed by atoms with Crippen LogP contribution in [0.5, 0.6) is 11.5 Å². The maximum atomic E-state index is 14.6. The molecule has 33 heavy (non-hydrogen) atoms. The van der Waals surface area contributed by atoms with Crippen LogP contribution in [0.1, 0.15) is 31.0 Å². The lowest BCUT2D eigenvalue weighted by Gasteiger charge is -2.28. The molecule has 0 aliphatic carbocycles. The molecule has 1 aliphatic rings. The number of benzene rings is 2. The van der Waals surface area contributed by atoms with E-state index in [9.17, 15) is 19.1 Å². The van der Waals surface area contributed by atoms with Gasteiger partial charge in [-0.05, 0) is 49.2 Å². The van der Waals surface area contributed by atoms with Crippen LogP contribution in [0.25, 0.3) is 5.76 Å². The second-order valence-corrected chi connectivity index (χ2v) is 8.52. The highest BCUT2D eigenvalue weighted by molar-refractivity contribution is 6.46. The number of carbonyl (C=O) groups excluding carboxylic acids is 2. The van der Waals surface area contributed by atoms with E-state index in [0.29, 0.717) is 17.9 Å². The van der Waals surface area contributed by atoms with E-state index >= 15 is 0 Å². The number of quaternary nitrogens is 1. The summed E-state index contributed by atoms with van der Waals surface area (Å²) >= 11 is 0. The molecule has 1 saturated heterocycles. The van der Waals surface area contributed by atoms with E-state index in [1.165, 1.54) is 24.1 Å². The minimum Gasteiger partial charge on any atom is -0.872 e. The molecule has 1 amide bonds. The molecule has 0 bridgehead atoms. The van der Waals surface area contributed by atoms with Crippen molar-refractivity contribution in [2.75, 3.05) is 34.3 Å². The summed E-state index contributed by atoms with van der Waals surface area (Å²) in [6, 6.07) is 9.80. The number of Topliss-reactive ketones (excluding diaryl/α,β-unsaturated/α-hetero) is 1. The molecular weight excluding hydrogens is 427 g/mol. The molecule has 2 aromatic carbocycles. The van der Waals surface area contributed by atoms with Crippen molar-refractivity contribution in [2.45, 2.75) is 26.0 Å². The fraction of sp³-hybridized carbons (Fsp3) is 0.360. The van der Waals surface area contributed by atoms with E-state index < -0.39 is 29.3 Å². The normalized spacial score (nSPS) is 17.8. The first-order valence-electron chi connectivity index (χ1n) is 10.8. The van der Waals surface area contributed by atoms with Crippen LogP contribution in [0.15, 0.2) is 48.0 Å². The number of nitrogens with zero attached hydrogens (tertiary/aromatic N) is 1. The largest absolute Gasteiger partial charge is 0.872 e. The zero-order valence-electron chi connectivity index (χ0n) is 19.5. The summed E-state index contributed by atoms with van der Waals surface area (Å²) in [6.45, 7) is 4.40. The lowest BCUT2D eigenvalue weighted by atomic mass is 9.95. The van der Waals surface area contributed by atoms with Crippen molar-refractivity contribution in [2.24, 2.45) is 0 Å². The molecule has 1 unspecified atom stereocenters. The second-order valence-electron chi connectivity index (χ2n) is 8.52. The molecule has 2 aromatic rings. The van der Waals surface area contributed by atoms with Crippen LogP contribution in [0, 0.1) is 5.82 Å². The summed E-state index contributed by atoms with van der Waals surface area (Å²) in [7, 11) is 5.40. The number of methoxy groups -OCH3 is 1. The highest BCUT2D eigenvalue weighted by Crippen LogP contribution is 2.39. The number of nitrogens with one attached hydrogen (secondary N) is 1. The number of ether oxygens (including phenoxy) is 2. The average molecular weight is 457 g/mol. The van der Waals surface area contributed by atoms with Crippen molar-refractivity contribution in [3.63, 3.8) is 0 Å². The maximum Gasteiger partial charge on any atom is 0.295 e. The summed E-state index contributed by atoms with van der Waals surface area (Å²) in [5.41, 5.74) is 0.404. The van der Waals surface area contributed by atoms with Crippen LogP contribution in [0.2, 0.25) is 0 Å². The Balaban J connectivity index is 2.10. The zero-order chi connectivity index (χ0) is 24.3. The molecule has 3 rings (SSSR count). The topological polar surface area (TPSA) is 83.3 Å². The lowest BCUT2D eigenvalue weighted by molar-refractivity contribution is -0.857. The fourth-order valence-corrected chi connectivity index (χ4v) is 3.72. The van der Waals surface area contributed by atoms with Crippen LogP contribution in [0.4, 0.5) is 4.39 Å². The third-order valence-electron chi connectivity index (χ3n) is 5.37. The van der Waals surface area contributed by atoms with Gasteiger partial charge in [-0.3, -0.25) is 9.59 Å². The van der Waals surface area contributed by atoms with E-state index in [1.54, 1.807) is 38.1 Å². The molecule has 1 heterocycles. The Morgan fingerprint density at radius 3 is 2.36 bits per heavy atom. The number of hydrogen-bond donors (Lipinski definition) is 1. The number of rotatable bonds is 8. The number of carbonyl (C=O) groups is 2. The molecule has 8 heteroatoms. The van der Waals surface area contributed by atoms with E-state index in [2.05, 4.69) is 0 Å². The Morgan fingerprint density at radius 2 is 1.82 bits per heavy atom. The number of halogens is 1. The molecule has 1 aliphatic heterocycles. The maximum absolute atomic E-state index is 14.6. The van der Waals surface area contributed by atoms with Gasteiger partial charge in [-0.15, -0.1) is 0 Å². The summed E-state index contributed by atoms with van der Waals surface area (Å²) in [5, 5.41) is 13.4. The van der Waals surface area contributed by atoms with Crippen molar-refractivity contribution in [3.05, 3.63) is 65.0 Å². The monoisotopic (exact) mass is 456 g/mol. The van der Waals surface area contributed by atoms with Crippen molar-refractivity contribution < 1.29 is 33.5 Å². The van der Waals surface area contributed by atoms with Gasteiger partial charge >= 0.3 is 0 Å². The summed E-state index contributed by atoms with van der Waals surface area (Å²) in [6.07, 6.45) is -0.240. The standard InChI is InChI=1S/C25H29FN2O5/c1-15(2)33-20-11-8-17(14-19(20)26)23(29)21-22(16-6-9-18(32-5)10-7-16)28(13-12-27(3)4)25(31)24(21)30/h6-11,14-15,22,29H,12-13H2,1-5H3. The van der Waals surface area contributed by atoms with Gasteiger partial charge in [0.1, 0.15) is 5.75 Å². The Bertz CT molecular complexity index is 1060. The van der Waals surface area contributed by atoms with Gasteiger partial charge in [-0.2, -0.15) is 0 Å². The molecule has 7 nitrogen and oxygen atoms in total. The van der Waals surface area contributed by atoms with Crippen molar-refractivity contribution in [1.82, 2.24) is 4.90 Å². The first kappa shape index (κ1) is 24.3. The van der Waals surface area contributed by atoms with Crippen LogP contribution < -0.4 is 19.5 Å².